The summed E-state index contributed by atoms with van der Waals surface area (Å²) in [6.45, 7) is 6.75. The first-order chi connectivity index (χ1) is 8.47. The molecule has 1 saturated carbocycles. The van der Waals surface area contributed by atoms with E-state index in [9.17, 15) is 9.90 Å². The fourth-order valence-electron chi connectivity index (χ4n) is 2.90. The molecule has 1 aliphatic carbocycles. The number of ether oxygens (including phenoxy) is 1. The fourth-order valence-corrected chi connectivity index (χ4v) is 2.90. The molecule has 0 aromatic rings. The Balaban J connectivity index is 2.41. The molecule has 2 atom stereocenters. The molecule has 0 aromatic heterocycles. The van der Waals surface area contributed by atoms with Gasteiger partial charge < -0.3 is 9.84 Å². The molecule has 2 unspecified atom stereocenters. The van der Waals surface area contributed by atoms with Gasteiger partial charge in [0.2, 0.25) is 0 Å². The molecule has 0 radical (unpaired) electrons. The van der Waals surface area contributed by atoms with Gasteiger partial charge in [-0.3, -0.25) is 4.79 Å². The smallest absolute Gasteiger partial charge is 0.305 e. The van der Waals surface area contributed by atoms with E-state index in [-0.39, 0.29) is 5.97 Å². The first-order valence-corrected chi connectivity index (χ1v) is 7.35. The van der Waals surface area contributed by atoms with Gasteiger partial charge in [-0.15, -0.1) is 0 Å². The van der Waals surface area contributed by atoms with Crippen LogP contribution in [-0.2, 0) is 9.53 Å². The molecule has 18 heavy (non-hydrogen) atoms. The van der Waals surface area contributed by atoms with Gasteiger partial charge in [0, 0.05) is 6.42 Å². The SMILES string of the molecule is CCOC(=O)CCC1(O)CCCC(C(C)C)CC1. The Morgan fingerprint density at radius 2 is 2.11 bits per heavy atom. The maximum Gasteiger partial charge on any atom is 0.305 e. The molecule has 0 saturated heterocycles. The summed E-state index contributed by atoms with van der Waals surface area (Å²) < 4.78 is 4.92. The van der Waals surface area contributed by atoms with E-state index >= 15 is 0 Å². The predicted molar refractivity (Wildman–Crippen MR) is 72.2 cm³/mol. The largest absolute Gasteiger partial charge is 0.466 e. The van der Waals surface area contributed by atoms with Crippen LogP contribution in [0.2, 0.25) is 0 Å². The Kier molecular flexibility index (Phi) is 6.13. The molecule has 0 heterocycles. The van der Waals surface area contributed by atoms with E-state index in [1.807, 2.05) is 6.92 Å². The summed E-state index contributed by atoms with van der Waals surface area (Å²) in [7, 11) is 0. The Morgan fingerprint density at radius 1 is 1.39 bits per heavy atom. The lowest BCUT2D eigenvalue weighted by atomic mass is 9.86. The molecule has 3 nitrogen and oxygen atoms in total. The summed E-state index contributed by atoms with van der Waals surface area (Å²) in [5.74, 6) is 1.23. The standard InChI is InChI=1S/C15H28O3/c1-4-18-14(16)8-11-15(17)9-5-6-13(7-10-15)12(2)3/h12-13,17H,4-11H2,1-3H3. The third kappa shape index (κ3) is 4.97. The zero-order valence-corrected chi connectivity index (χ0v) is 12.1. The number of hydrogen-bond donors (Lipinski definition) is 1. The highest BCUT2D eigenvalue weighted by Gasteiger charge is 2.32. The summed E-state index contributed by atoms with van der Waals surface area (Å²) in [6, 6.07) is 0. The van der Waals surface area contributed by atoms with Gasteiger partial charge in [-0.2, -0.15) is 0 Å². The zero-order valence-electron chi connectivity index (χ0n) is 12.1. The van der Waals surface area contributed by atoms with Crippen LogP contribution >= 0.6 is 0 Å². The summed E-state index contributed by atoms with van der Waals surface area (Å²) in [4.78, 5) is 11.4. The molecule has 0 bridgehead atoms. The quantitative estimate of drug-likeness (QED) is 0.606. The lowest BCUT2D eigenvalue weighted by Crippen LogP contribution is -2.29. The fraction of sp³-hybridized carbons (Fsp3) is 0.933. The zero-order chi connectivity index (χ0) is 13.6. The van der Waals surface area contributed by atoms with Gasteiger partial charge >= 0.3 is 5.97 Å². The number of aliphatic hydroxyl groups is 1. The van der Waals surface area contributed by atoms with Gasteiger partial charge in [0.05, 0.1) is 12.2 Å². The highest BCUT2D eigenvalue weighted by molar-refractivity contribution is 5.69. The molecule has 0 spiro atoms. The Bertz CT molecular complexity index is 262. The minimum Gasteiger partial charge on any atom is -0.466 e. The monoisotopic (exact) mass is 256 g/mol. The summed E-state index contributed by atoms with van der Waals surface area (Å²) >= 11 is 0. The van der Waals surface area contributed by atoms with Crippen LogP contribution in [0.3, 0.4) is 0 Å². The van der Waals surface area contributed by atoms with Crippen molar-refractivity contribution in [3.05, 3.63) is 0 Å². The molecule has 1 N–H and O–H groups in total. The Hall–Kier alpha value is -0.570. The molecule has 0 aromatic carbocycles. The van der Waals surface area contributed by atoms with Crippen LogP contribution in [0.15, 0.2) is 0 Å². The van der Waals surface area contributed by atoms with Crippen LogP contribution in [0.4, 0.5) is 0 Å². The van der Waals surface area contributed by atoms with E-state index in [2.05, 4.69) is 13.8 Å². The van der Waals surface area contributed by atoms with Crippen LogP contribution in [0.1, 0.15) is 65.7 Å². The van der Waals surface area contributed by atoms with Crippen molar-refractivity contribution in [3.63, 3.8) is 0 Å². The third-order valence-corrected chi connectivity index (χ3v) is 4.24. The summed E-state index contributed by atoms with van der Waals surface area (Å²) in [5.41, 5.74) is -0.642. The number of hydrogen-bond acceptors (Lipinski definition) is 3. The lowest BCUT2D eigenvalue weighted by Gasteiger charge is -2.26. The number of carbonyl (C=O) groups is 1. The van der Waals surface area contributed by atoms with E-state index in [0.29, 0.717) is 25.4 Å². The molecule has 106 valence electrons. The van der Waals surface area contributed by atoms with Crippen molar-refractivity contribution in [1.82, 2.24) is 0 Å². The highest BCUT2D eigenvalue weighted by atomic mass is 16.5. The molecular formula is C15H28O3. The van der Waals surface area contributed by atoms with Crippen LogP contribution in [0.25, 0.3) is 0 Å². The highest BCUT2D eigenvalue weighted by Crippen LogP contribution is 2.36. The average Bonchev–Trinajstić information content (AvgIpc) is 2.50. The van der Waals surface area contributed by atoms with Crippen LogP contribution in [0, 0.1) is 11.8 Å². The van der Waals surface area contributed by atoms with Gasteiger partial charge in [-0.25, -0.2) is 0 Å². The number of rotatable bonds is 5. The molecule has 1 rings (SSSR count). The minimum absolute atomic E-state index is 0.185. The van der Waals surface area contributed by atoms with Crippen LogP contribution < -0.4 is 0 Å². The molecule has 1 aliphatic rings. The van der Waals surface area contributed by atoms with Crippen molar-refractivity contribution < 1.29 is 14.6 Å². The van der Waals surface area contributed by atoms with Crippen molar-refractivity contribution >= 4 is 5.97 Å². The van der Waals surface area contributed by atoms with E-state index in [1.165, 1.54) is 6.42 Å². The third-order valence-electron chi connectivity index (χ3n) is 4.24. The van der Waals surface area contributed by atoms with Crippen LogP contribution in [-0.4, -0.2) is 23.3 Å². The van der Waals surface area contributed by atoms with Gasteiger partial charge in [0.1, 0.15) is 0 Å². The maximum atomic E-state index is 11.4. The number of carbonyl (C=O) groups excluding carboxylic acids is 1. The lowest BCUT2D eigenvalue weighted by molar-refractivity contribution is -0.144. The van der Waals surface area contributed by atoms with Gasteiger partial charge in [0.25, 0.3) is 0 Å². The van der Waals surface area contributed by atoms with Crippen molar-refractivity contribution in [2.75, 3.05) is 6.61 Å². The minimum atomic E-state index is -0.642. The van der Waals surface area contributed by atoms with E-state index in [4.69, 9.17) is 4.74 Å². The summed E-state index contributed by atoms with van der Waals surface area (Å²) in [6.07, 6.45) is 5.91. The van der Waals surface area contributed by atoms with Crippen molar-refractivity contribution in [2.45, 2.75) is 71.3 Å². The normalized spacial score (nSPS) is 29.1. The Labute approximate surface area is 111 Å². The van der Waals surface area contributed by atoms with E-state index in [0.717, 1.165) is 31.6 Å². The second-order valence-electron chi connectivity index (χ2n) is 5.96. The van der Waals surface area contributed by atoms with Gasteiger partial charge in [0.15, 0.2) is 0 Å². The van der Waals surface area contributed by atoms with Crippen LogP contribution in [0.5, 0.6) is 0 Å². The molecule has 0 amide bonds. The van der Waals surface area contributed by atoms with E-state index in [1.54, 1.807) is 0 Å². The van der Waals surface area contributed by atoms with E-state index < -0.39 is 5.60 Å². The molecule has 1 fully saturated rings. The average molecular weight is 256 g/mol. The summed E-state index contributed by atoms with van der Waals surface area (Å²) in [5, 5.41) is 10.6. The second-order valence-corrected chi connectivity index (χ2v) is 5.96. The first kappa shape index (κ1) is 15.5. The van der Waals surface area contributed by atoms with Crippen molar-refractivity contribution in [1.29, 1.82) is 0 Å². The van der Waals surface area contributed by atoms with Gasteiger partial charge in [-0.05, 0) is 44.4 Å². The second kappa shape index (κ2) is 7.13. The Morgan fingerprint density at radius 3 is 2.72 bits per heavy atom. The number of esters is 1. The molecule has 3 heteroatoms. The van der Waals surface area contributed by atoms with Crippen molar-refractivity contribution in [3.8, 4) is 0 Å². The predicted octanol–water partition coefficient (Wildman–Crippen LogP) is 3.30. The first-order valence-electron chi connectivity index (χ1n) is 7.35. The maximum absolute atomic E-state index is 11.4. The molecular weight excluding hydrogens is 228 g/mol. The topological polar surface area (TPSA) is 46.5 Å². The molecule has 0 aliphatic heterocycles. The van der Waals surface area contributed by atoms with Gasteiger partial charge in [-0.1, -0.05) is 26.7 Å². The van der Waals surface area contributed by atoms with Crippen molar-refractivity contribution in [2.24, 2.45) is 11.8 Å².